The number of hydrogen-bond donors (Lipinski definition) is 1. The zero-order valence-electron chi connectivity index (χ0n) is 6.95. The van der Waals surface area contributed by atoms with Gasteiger partial charge in [0.15, 0.2) is 6.29 Å². The molecule has 0 unspecified atom stereocenters. The second-order valence-electron chi connectivity index (χ2n) is 2.38. The Morgan fingerprint density at radius 2 is 2.21 bits per heavy atom. The van der Waals surface area contributed by atoms with Crippen molar-refractivity contribution < 1.29 is 19.1 Å². The van der Waals surface area contributed by atoms with E-state index in [1.165, 1.54) is 12.1 Å². The van der Waals surface area contributed by atoms with Crippen molar-refractivity contribution in [2.45, 2.75) is 0 Å². The number of carboxylic acid groups (broad SMARTS) is 1. The third-order valence-electron chi connectivity index (χ3n) is 1.47. The van der Waals surface area contributed by atoms with E-state index in [2.05, 4.69) is 5.92 Å². The van der Waals surface area contributed by atoms with Crippen molar-refractivity contribution in [2.75, 3.05) is 0 Å². The van der Waals surface area contributed by atoms with Crippen molar-refractivity contribution in [3.63, 3.8) is 0 Å². The summed E-state index contributed by atoms with van der Waals surface area (Å²) in [6.07, 6.45) is 0.426. The summed E-state index contributed by atoms with van der Waals surface area (Å²) in [6, 6.07) is 3.83. The molecule has 70 valence electrons. The maximum absolute atomic E-state index is 13.0. The van der Waals surface area contributed by atoms with Gasteiger partial charge in [-0.25, -0.2) is 9.18 Å². The van der Waals surface area contributed by atoms with Gasteiger partial charge in [-0.2, -0.15) is 0 Å². The minimum atomic E-state index is -1.37. The fourth-order valence-corrected chi connectivity index (χ4v) is 0.887. The van der Waals surface area contributed by atoms with Crippen LogP contribution in [0.25, 0.3) is 0 Å². The molecule has 0 spiro atoms. The minimum absolute atomic E-state index is 0.0405. The number of carboxylic acids is 1. The van der Waals surface area contributed by atoms with Gasteiger partial charge in [0, 0.05) is 11.5 Å². The molecule has 1 aromatic carbocycles. The Balaban J connectivity index is 3.26. The molecule has 0 aromatic heterocycles. The molecular weight excluding hydrogens is 187 g/mol. The van der Waals surface area contributed by atoms with E-state index in [-0.39, 0.29) is 11.1 Å². The zero-order valence-corrected chi connectivity index (χ0v) is 6.95. The van der Waals surface area contributed by atoms with Crippen LogP contribution in [0.1, 0.15) is 15.9 Å². The first-order valence-corrected chi connectivity index (χ1v) is 3.64. The first kappa shape index (κ1) is 9.93. The van der Waals surface area contributed by atoms with Crippen molar-refractivity contribution in [1.29, 1.82) is 0 Å². The number of carbonyl (C=O) groups is 2. The Hall–Kier alpha value is -2.15. The molecule has 0 amide bonds. The van der Waals surface area contributed by atoms with Gasteiger partial charge in [-0.1, -0.05) is 18.1 Å². The number of carbonyl (C=O) groups excluding carboxylic acids is 1. The number of halogens is 1. The van der Waals surface area contributed by atoms with Crippen molar-refractivity contribution in [1.82, 2.24) is 0 Å². The monoisotopic (exact) mass is 192 g/mol. The number of aliphatic carboxylic acids is 1. The summed E-state index contributed by atoms with van der Waals surface area (Å²) in [7, 11) is 0. The molecule has 0 radical (unpaired) electrons. The minimum Gasteiger partial charge on any atom is -0.472 e. The van der Waals surface area contributed by atoms with Gasteiger partial charge in [0.2, 0.25) is 0 Å². The van der Waals surface area contributed by atoms with E-state index in [9.17, 15) is 14.0 Å². The van der Waals surface area contributed by atoms with Crippen molar-refractivity contribution in [3.8, 4) is 11.8 Å². The van der Waals surface area contributed by atoms with E-state index >= 15 is 0 Å². The Morgan fingerprint density at radius 3 is 2.79 bits per heavy atom. The fraction of sp³-hybridized carbons (Fsp3) is 0. The predicted octanol–water partition coefficient (Wildman–Crippen LogP) is 1.07. The molecule has 1 rings (SSSR count). The lowest BCUT2D eigenvalue weighted by molar-refractivity contribution is -0.130. The largest absolute Gasteiger partial charge is 0.472 e. The van der Waals surface area contributed by atoms with Crippen LogP contribution in [0.15, 0.2) is 18.2 Å². The Bertz CT molecular complexity index is 440. The van der Waals surface area contributed by atoms with Crippen LogP contribution in [0.2, 0.25) is 0 Å². The molecular formula is C10H5FO3. The van der Waals surface area contributed by atoms with Gasteiger partial charge in [0.1, 0.15) is 5.82 Å². The molecule has 0 aliphatic carbocycles. The molecule has 0 heterocycles. The summed E-state index contributed by atoms with van der Waals surface area (Å²) in [6.45, 7) is 0. The molecule has 1 aromatic rings. The standard InChI is InChI=1S/C10H5FO3/c11-9-3-1-2-7(6-12)8(9)4-5-10(13)14/h1-3,6H,(H,13,14). The van der Waals surface area contributed by atoms with Crippen LogP contribution < -0.4 is 0 Å². The summed E-state index contributed by atoms with van der Waals surface area (Å²) in [5, 5.41) is 8.24. The van der Waals surface area contributed by atoms with Gasteiger partial charge >= 0.3 is 5.97 Å². The maximum atomic E-state index is 13.0. The highest BCUT2D eigenvalue weighted by atomic mass is 19.1. The van der Waals surface area contributed by atoms with Crippen LogP contribution in [0, 0.1) is 17.7 Å². The molecule has 14 heavy (non-hydrogen) atoms. The van der Waals surface area contributed by atoms with E-state index in [4.69, 9.17) is 5.11 Å². The lowest BCUT2D eigenvalue weighted by Crippen LogP contribution is -1.93. The summed E-state index contributed by atoms with van der Waals surface area (Å²) >= 11 is 0. The Morgan fingerprint density at radius 1 is 1.50 bits per heavy atom. The number of hydrogen-bond acceptors (Lipinski definition) is 2. The van der Waals surface area contributed by atoms with Crippen LogP contribution in [0.3, 0.4) is 0 Å². The van der Waals surface area contributed by atoms with E-state index in [0.29, 0.717) is 6.29 Å². The lowest BCUT2D eigenvalue weighted by atomic mass is 10.1. The average molecular weight is 192 g/mol. The van der Waals surface area contributed by atoms with E-state index < -0.39 is 11.8 Å². The lowest BCUT2D eigenvalue weighted by Gasteiger charge is -1.96. The van der Waals surface area contributed by atoms with Gasteiger partial charge in [-0.3, -0.25) is 4.79 Å². The molecule has 1 N–H and O–H groups in total. The van der Waals surface area contributed by atoms with Gasteiger partial charge in [-0.15, -0.1) is 0 Å². The molecule has 0 aliphatic rings. The normalized spacial score (nSPS) is 8.64. The van der Waals surface area contributed by atoms with E-state index in [1.807, 2.05) is 0 Å². The molecule has 3 nitrogen and oxygen atoms in total. The highest BCUT2D eigenvalue weighted by molar-refractivity contribution is 5.88. The van der Waals surface area contributed by atoms with Gasteiger partial charge in [-0.05, 0) is 6.07 Å². The van der Waals surface area contributed by atoms with Crippen molar-refractivity contribution in [3.05, 3.63) is 35.1 Å². The second-order valence-corrected chi connectivity index (χ2v) is 2.38. The quantitative estimate of drug-likeness (QED) is 0.535. The topological polar surface area (TPSA) is 54.4 Å². The summed E-state index contributed by atoms with van der Waals surface area (Å²) in [4.78, 5) is 20.5. The molecule has 0 saturated carbocycles. The molecule has 0 bridgehead atoms. The first-order valence-electron chi connectivity index (χ1n) is 3.64. The van der Waals surface area contributed by atoms with Crippen LogP contribution in [-0.2, 0) is 4.79 Å². The van der Waals surface area contributed by atoms with Gasteiger partial charge in [0.05, 0.1) is 5.56 Å². The summed E-state index contributed by atoms with van der Waals surface area (Å²) < 4.78 is 13.0. The van der Waals surface area contributed by atoms with Gasteiger partial charge in [0.25, 0.3) is 0 Å². The number of aldehydes is 1. The highest BCUT2D eigenvalue weighted by Crippen LogP contribution is 2.09. The fourth-order valence-electron chi connectivity index (χ4n) is 0.887. The third-order valence-corrected chi connectivity index (χ3v) is 1.47. The summed E-state index contributed by atoms with van der Waals surface area (Å²) in [5.41, 5.74) is -0.149. The maximum Gasteiger partial charge on any atom is 0.382 e. The SMILES string of the molecule is O=Cc1cccc(F)c1C#CC(=O)O. The smallest absolute Gasteiger partial charge is 0.382 e. The van der Waals surface area contributed by atoms with Crippen LogP contribution >= 0.6 is 0 Å². The molecule has 0 saturated heterocycles. The third kappa shape index (κ3) is 2.17. The van der Waals surface area contributed by atoms with E-state index in [0.717, 1.165) is 6.07 Å². The highest BCUT2D eigenvalue weighted by Gasteiger charge is 2.04. The van der Waals surface area contributed by atoms with Crippen molar-refractivity contribution in [2.24, 2.45) is 0 Å². The molecule has 0 fully saturated rings. The zero-order chi connectivity index (χ0) is 10.6. The molecule has 0 atom stereocenters. The molecule has 0 aliphatic heterocycles. The Labute approximate surface area is 79.2 Å². The Kier molecular flexibility index (Phi) is 2.97. The second kappa shape index (κ2) is 4.19. The average Bonchev–Trinajstić information content (AvgIpc) is 2.15. The molecule has 4 heteroatoms. The van der Waals surface area contributed by atoms with Crippen LogP contribution in [0.5, 0.6) is 0 Å². The number of benzene rings is 1. The predicted molar refractivity (Wildman–Crippen MR) is 46.3 cm³/mol. The van der Waals surface area contributed by atoms with E-state index in [1.54, 1.807) is 5.92 Å². The number of rotatable bonds is 1. The van der Waals surface area contributed by atoms with Crippen LogP contribution in [-0.4, -0.2) is 17.4 Å². The van der Waals surface area contributed by atoms with Crippen LogP contribution in [0.4, 0.5) is 4.39 Å². The van der Waals surface area contributed by atoms with Gasteiger partial charge < -0.3 is 5.11 Å². The first-order chi connectivity index (χ1) is 6.65. The summed E-state index contributed by atoms with van der Waals surface area (Å²) in [5.74, 6) is 1.75. The van der Waals surface area contributed by atoms with Crippen molar-refractivity contribution >= 4 is 12.3 Å².